The molecule has 5 heteroatoms. The van der Waals surface area contributed by atoms with Crippen molar-refractivity contribution in [1.82, 2.24) is 20.3 Å². The number of hydrogen-bond donors (Lipinski definition) is 1. The van der Waals surface area contributed by atoms with E-state index in [1.54, 1.807) is 10.4 Å². The fraction of sp³-hybridized carbons (Fsp3) is 0.500. The zero-order valence-corrected chi connectivity index (χ0v) is 10.9. The molecule has 1 atom stereocenters. The van der Waals surface area contributed by atoms with Crippen LogP contribution < -0.4 is 5.32 Å². The van der Waals surface area contributed by atoms with Gasteiger partial charge in [-0.15, -0.1) is 16.4 Å². The molecule has 3 rings (SSSR count). The van der Waals surface area contributed by atoms with Crippen molar-refractivity contribution in [2.75, 3.05) is 7.05 Å². The maximum atomic E-state index is 4.01. The molecule has 0 bridgehead atoms. The third-order valence-electron chi connectivity index (χ3n) is 3.38. The lowest BCUT2D eigenvalue weighted by Gasteiger charge is -2.13. The summed E-state index contributed by atoms with van der Waals surface area (Å²) in [5.41, 5.74) is 2.66. The van der Waals surface area contributed by atoms with Gasteiger partial charge in [-0.25, -0.2) is 0 Å². The summed E-state index contributed by atoms with van der Waals surface area (Å²) in [6.45, 7) is 0. The minimum Gasteiger partial charge on any atom is -0.307 e. The first kappa shape index (κ1) is 10.9. The lowest BCUT2D eigenvalue weighted by Crippen LogP contribution is -2.19. The second-order valence-electron chi connectivity index (χ2n) is 4.45. The highest BCUT2D eigenvalue weighted by Gasteiger charge is 2.22. The van der Waals surface area contributed by atoms with Gasteiger partial charge in [-0.3, -0.25) is 4.68 Å². The fourth-order valence-corrected chi connectivity index (χ4v) is 3.87. The SMILES string of the molecule is CNC(c1cc2c(s1)CCC2)c1cnnn1C. The minimum absolute atomic E-state index is 0.214. The largest absolute Gasteiger partial charge is 0.307 e. The lowest BCUT2D eigenvalue weighted by molar-refractivity contribution is 0.603. The summed E-state index contributed by atoms with van der Waals surface area (Å²) >= 11 is 1.93. The van der Waals surface area contributed by atoms with Crippen molar-refractivity contribution in [3.05, 3.63) is 33.3 Å². The Morgan fingerprint density at radius 2 is 2.35 bits per heavy atom. The van der Waals surface area contributed by atoms with Gasteiger partial charge in [0.15, 0.2) is 0 Å². The topological polar surface area (TPSA) is 42.7 Å². The van der Waals surface area contributed by atoms with Gasteiger partial charge in [0.25, 0.3) is 0 Å². The summed E-state index contributed by atoms with van der Waals surface area (Å²) in [6.07, 6.45) is 5.65. The lowest BCUT2D eigenvalue weighted by atomic mass is 10.1. The van der Waals surface area contributed by atoms with Crippen LogP contribution in [0.3, 0.4) is 0 Å². The van der Waals surface area contributed by atoms with E-state index in [1.807, 2.05) is 36.3 Å². The van der Waals surface area contributed by atoms with Crippen LogP contribution in [0.5, 0.6) is 0 Å². The first-order chi connectivity index (χ1) is 8.29. The van der Waals surface area contributed by atoms with Crippen molar-refractivity contribution < 1.29 is 0 Å². The smallest absolute Gasteiger partial charge is 0.0856 e. The van der Waals surface area contributed by atoms with Crippen LogP contribution in [0, 0.1) is 0 Å². The average Bonchev–Trinajstić information content (AvgIpc) is 2.96. The van der Waals surface area contributed by atoms with E-state index in [1.165, 1.54) is 24.1 Å². The number of fused-ring (bicyclic) bond motifs is 1. The van der Waals surface area contributed by atoms with Crippen molar-refractivity contribution in [3.63, 3.8) is 0 Å². The molecular weight excluding hydrogens is 232 g/mol. The average molecular weight is 248 g/mol. The molecule has 0 aromatic carbocycles. The van der Waals surface area contributed by atoms with Crippen LogP contribution in [0.15, 0.2) is 12.3 Å². The Labute approximate surface area is 105 Å². The molecule has 17 heavy (non-hydrogen) atoms. The monoisotopic (exact) mass is 248 g/mol. The number of aromatic nitrogens is 3. The van der Waals surface area contributed by atoms with Crippen molar-refractivity contribution >= 4 is 11.3 Å². The van der Waals surface area contributed by atoms with Gasteiger partial charge in [-0.1, -0.05) is 5.21 Å². The predicted molar refractivity (Wildman–Crippen MR) is 68.2 cm³/mol. The molecular formula is C12H16N4S. The number of thiophene rings is 1. The van der Waals surface area contributed by atoms with Gasteiger partial charge in [0.1, 0.15) is 0 Å². The highest BCUT2D eigenvalue weighted by atomic mass is 32.1. The van der Waals surface area contributed by atoms with Gasteiger partial charge in [0, 0.05) is 16.8 Å². The maximum Gasteiger partial charge on any atom is 0.0856 e. The molecule has 0 amide bonds. The van der Waals surface area contributed by atoms with E-state index in [9.17, 15) is 0 Å². The molecule has 0 saturated heterocycles. The minimum atomic E-state index is 0.214. The molecule has 90 valence electrons. The molecule has 0 fully saturated rings. The molecule has 0 radical (unpaired) electrons. The molecule has 0 spiro atoms. The van der Waals surface area contributed by atoms with Crippen LogP contribution in [0.1, 0.15) is 33.5 Å². The molecule has 1 aliphatic carbocycles. The van der Waals surface area contributed by atoms with Gasteiger partial charge < -0.3 is 5.32 Å². The molecule has 2 heterocycles. The zero-order valence-electron chi connectivity index (χ0n) is 10.1. The van der Waals surface area contributed by atoms with Gasteiger partial charge in [0.2, 0.25) is 0 Å². The van der Waals surface area contributed by atoms with E-state index in [0.717, 1.165) is 5.69 Å². The summed E-state index contributed by atoms with van der Waals surface area (Å²) in [7, 11) is 3.93. The number of nitrogens with zero attached hydrogens (tertiary/aromatic N) is 3. The molecule has 2 aromatic rings. The Kier molecular flexibility index (Phi) is 2.72. The molecule has 4 nitrogen and oxygen atoms in total. The summed E-state index contributed by atoms with van der Waals surface area (Å²) in [5, 5.41) is 11.3. The van der Waals surface area contributed by atoms with E-state index in [2.05, 4.69) is 21.7 Å². The van der Waals surface area contributed by atoms with E-state index in [0.29, 0.717) is 0 Å². The van der Waals surface area contributed by atoms with Gasteiger partial charge in [-0.2, -0.15) is 0 Å². The van der Waals surface area contributed by atoms with Gasteiger partial charge >= 0.3 is 0 Å². The van der Waals surface area contributed by atoms with Crippen molar-refractivity contribution in [1.29, 1.82) is 0 Å². The van der Waals surface area contributed by atoms with Crippen molar-refractivity contribution in [3.8, 4) is 0 Å². The predicted octanol–water partition coefficient (Wildman–Crippen LogP) is 1.67. The molecule has 1 aliphatic rings. The molecule has 0 aliphatic heterocycles. The fourth-order valence-electron chi connectivity index (χ4n) is 2.49. The number of nitrogens with one attached hydrogen (secondary N) is 1. The van der Waals surface area contributed by atoms with Crippen LogP contribution in [-0.2, 0) is 19.9 Å². The molecule has 2 aromatic heterocycles. The first-order valence-electron chi connectivity index (χ1n) is 5.93. The van der Waals surface area contributed by atoms with E-state index < -0.39 is 0 Å². The van der Waals surface area contributed by atoms with E-state index >= 15 is 0 Å². The Morgan fingerprint density at radius 1 is 1.47 bits per heavy atom. The summed E-state index contributed by atoms with van der Waals surface area (Å²) in [4.78, 5) is 2.94. The highest BCUT2D eigenvalue weighted by Crippen LogP contribution is 2.35. The number of hydrogen-bond acceptors (Lipinski definition) is 4. The second kappa shape index (κ2) is 4.23. The third-order valence-corrected chi connectivity index (χ3v) is 4.69. The standard InChI is InChI=1S/C12H16N4S/c1-13-12(9-7-14-15-16(9)2)11-6-8-4-3-5-10(8)17-11/h6-7,12-13H,3-5H2,1-2H3. The van der Waals surface area contributed by atoms with Crippen molar-refractivity contribution in [2.45, 2.75) is 25.3 Å². The zero-order chi connectivity index (χ0) is 11.8. The van der Waals surface area contributed by atoms with E-state index in [-0.39, 0.29) is 6.04 Å². The number of rotatable bonds is 3. The van der Waals surface area contributed by atoms with Crippen LogP contribution >= 0.6 is 11.3 Å². The molecule has 1 N–H and O–H groups in total. The summed E-state index contributed by atoms with van der Waals surface area (Å²) < 4.78 is 1.84. The van der Waals surface area contributed by atoms with Crippen LogP contribution in [0.4, 0.5) is 0 Å². The normalized spacial score (nSPS) is 16.1. The quantitative estimate of drug-likeness (QED) is 0.898. The first-order valence-corrected chi connectivity index (χ1v) is 6.74. The van der Waals surface area contributed by atoms with Gasteiger partial charge in [-0.05, 0) is 37.9 Å². The van der Waals surface area contributed by atoms with Crippen LogP contribution in [0.2, 0.25) is 0 Å². The van der Waals surface area contributed by atoms with Gasteiger partial charge in [0.05, 0.1) is 17.9 Å². The Bertz CT molecular complexity index is 507. The Hall–Kier alpha value is -1.20. The molecule has 0 saturated carbocycles. The Morgan fingerprint density at radius 3 is 3.00 bits per heavy atom. The summed E-state index contributed by atoms with van der Waals surface area (Å²) in [5.74, 6) is 0. The second-order valence-corrected chi connectivity index (χ2v) is 5.62. The third kappa shape index (κ3) is 1.79. The number of aryl methyl sites for hydroxylation is 3. The Balaban J connectivity index is 1.97. The van der Waals surface area contributed by atoms with Crippen molar-refractivity contribution in [2.24, 2.45) is 7.05 Å². The maximum absolute atomic E-state index is 4.01. The molecule has 1 unspecified atom stereocenters. The van der Waals surface area contributed by atoms with Crippen LogP contribution in [0.25, 0.3) is 0 Å². The van der Waals surface area contributed by atoms with E-state index in [4.69, 9.17) is 0 Å². The summed E-state index contributed by atoms with van der Waals surface area (Å²) in [6, 6.07) is 2.56. The highest BCUT2D eigenvalue weighted by molar-refractivity contribution is 7.12. The van der Waals surface area contributed by atoms with Crippen LogP contribution in [-0.4, -0.2) is 22.0 Å².